The van der Waals surface area contributed by atoms with Crippen molar-refractivity contribution < 1.29 is 9.47 Å². The van der Waals surface area contributed by atoms with Crippen LogP contribution in [0.15, 0.2) is 0 Å². The van der Waals surface area contributed by atoms with Crippen LogP contribution in [0.2, 0.25) is 0 Å². The molecule has 1 heterocycles. The van der Waals surface area contributed by atoms with Gasteiger partial charge >= 0.3 is 0 Å². The Kier molecular flexibility index (Phi) is 12.5. The second kappa shape index (κ2) is 8.02. The van der Waals surface area contributed by atoms with Crippen molar-refractivity contribution >= 4 is 0 Å². The lowest BCUT2D eigenvalue weighted by molar-refractivity contribution is -0.187. The molecule has 72 valence electrons. The van der Waals surface area contributed by atoms with Crippen LogP contribution in [0.4, 0.5) is 0 Å². The molecule has 0 aromatic heterocycles. The predicted octanol–water partition coefficient (Wildman–Crippen LogP) is 2.92. The third-order valence-corrected chi connectivity index (χ3v) is 1.23. The molecule has 1 aliphatic heterocycles. The van der Waals surface area contributed by atoms with Gasteiger partial charge < -0.3 is 9.47 Å². The zero-order valence-corrected chi connectivity index (χ0v) is 5.39. The number of hydrogen-bond acceptors (Lipinski definition) is 2. The van der Waals surface area contributed by atoms with Gasteiger partial charge in [0, 0.05) is 5.92 Å². The quantitative estimate of drug-likeness (QED) is 0.548. The van der Waals surface area contributed by atoms with E-state index in [1.165, 1.54) is 0 Å². The predicted molar refractivity (Wildman–Crippen MR) is 50.7 cm³/mol. The third-order valence-electron chi connectivity index (χ3n) is 1.23. The Morgan fingerprint density at radius 2 is 1.27 bits per heavy atom. The first kappa shape index (κ1) is 17.1. The number of ether oxygens (including phenoxy) is 2. The first-order valence-electron chi connectivity index (χ1n) is 3.02. The normalized spacial score (nSPS) is 28.9. The molecule has 0 amide bonds. The molecule has 11 heavy (non-hydrogen) atoms. The molecule has 0 aliphatic carbocycles. The molecule has 1 saturated heterocycles. The van der Waals surface area contributed by atoms with Gasteiger partial charge in [-0.15, -0.1) is 0 Å². The summed E-state index contributed by atoms with van der Waals surface area (Å²) in [5, 5.41) is 0. The van der Waals surface area contributed by atoms with Crippen molar-refractivity contribution in [1.82, 2.24) is 0 Å². The Morgan fingerprint density at radius 1 is 0.909 bits per heavy atom. The van der Waals surface area contributed by atoms with Crippen LogP contribution < -0.4 is 0 Å². The average Bonchev–Trinajstić information content (AvgIpc) is 1.77. The van der Waals surface area contributed by atoms with Gasteiger partial charge in [0.2, 0.25) is 0 Å². The summed E-state index contributed by atoms with van der Waals surface area (Å²) in [4.78, 5) is 0. The highest BCUT2D eigenvalue weighted by atomic mass is 16.7. The summed E-state index contributed by atoms with van der Waals surface area (Å²) in [6.07, 6.45) is 0.0196. The summed E-state index contributed by atoms with van der Waals surface area (Å²) in [6, 6.07) is 0. The molecule has 1 fully saturated rings. The Bertz CT molecular complexity index is 56.0. The van der Waals surface area contributed by atoms with Crippen LogP contribution in [-0.4, -0.2) is 19.5 Å². The highest BCUT2D eigenvalue weighted by Gasteiger charge is 2.13. The van der Waals surface area contributed by atoms with Gasteiger partial charge in [0.1, 0.15) is 0 Å². The van der Waals surface area contributed by atoms with Crippen molar-refractivity contribution in [3.63, 3.8) is 0 Å². The van der Waals surface area contributed by atoms with Crippen LogP contribution in [0.25, 0.3) is 0 Å². The van der Waals surface area contributed by atoms with E-state index in [0.29, 0.717) is 5.92 Å². The maximum absolute atomic E-state index is 5.17. The SMILES string of the molecule is C.C.C.CC1COC(C)OC1. The first-order chi connectivity index (χ1) is 3.79. The lowest BCUT2D eigenvalue weighted by Crippen LogP contribution is -2.27. The van der Waals surface area contributed by atoms with Crippen LogP contribution in [-0.2, 0) is 9.47 Å². The van der Waals surface area contributed by atoms with Crippen molar-refractivity contribution in [1.29, 1.82) is 0 Å². The van der Waals surface area contributed by atoms with Gasteiger partial charge in [-0.1, -0.05) is 29.2 Å². The van der Waals surface area contributed by atoms with Crippen molar-refractivity contribution in [2.75, 3.05) is 13.2 Å². The summed E-state index contributed by atoms with van der Waals surface area (Å²) in [5.41, 5.74) is 0. The lowest BCUT2D eigenvalue weighted by Gasteiger charge is -2.24. The monoisotopic (exact) mass is 164 g/mol. The molecule has 0 unspecified atom stereocenters. The van der Waals surface area contributed by atoms with Gasteiger partial charge in [-0.2, -0.15) is 0 Å². The minimum absolute atomic E-state index is 0. The second-order valence-electron chi connectivity index (χ2n) is 2.34. The van der Waals surface area contributed by atoms with Crippen molar-refractivity contribution in [3.8, 4) is 0 Å². The number of hydrogen-bond donors (Lipinski definition) is 0. The van der Waals surface area contributed by atoms with E-state index in [-0.39, 0.29) is 28.6 Å². The van der Waals surface area contributed by atoms with E-state index in [1.54, 1.807) is 0 Å². The minimum atomic E-state index is 0. The van der Waals surface area contributed by atoms with E-state index in [1.807, 2.05) is 6.92 Å². The molecule has 0 saturated carbocycles. The maximum Gasteiger partial charge on any atom is 0.154 e. The molecule has 0 N–H and O–H groups in total. The zero-order valence-electron chi connectivity index (χ0n) is 5.39. The molecule has 1 aliphatic rings. The molecule has 0 spiro atoms. The minimum Gasteiger partial charge on any atom is -0.353 e. The average molecular weight is 164 g/mol. The van der Waals surface area contributed by atoms with Gasteiger partial charge in [0.05, 0.1) is 13.2 Å². The molecule has 0 atom stereocenters. The summed E-state index contributed by atoms with van der Waals surface area (Å²) >= 11 is 0. The summed E-state index contributed by atoms with van der Waals surface area (Å²) in [6.45, 7) is 5.74. The van der Waals surface area contributed by atoms with E-state index in [4.69, 9.17) is 9.47 Å². The van der Waals surface area contributed by atoms with E-state index < -0.39 is 0 Å². The fourth-order valence-corrected chi connectivity index (χ4v) is 0.696. The molecule has 0 radical (unpaired) electrons. The van der Waals surface area contributed by atoms with Gasteiger partial charge in [-0.25, -0.2) is 0 Å². The number of rotatable bonds is 0. The fraction of sp³-hybridized carbons (Fsp3) is 1.00. The summed E-state index contributed by atoms with van der Waals surface area (Å²) in [5.74, 6) is 0.575. The second-order valence-corrected chi connectivity index (χ2v) is 2.34. The van der Waals surface area contributed by atoms with Crippen molar-refractivity contribution in [2.24, 2.45) is 5.92 Å². The van der Waals surface area contributed by atoms with Crippen molar-refractivity contribution in [2.45, 2.75) is 42.4 Å². The van der Waals surface area contributed by atoms with Gasteiger partial charge in [0.25, 0.3) is 0 Å². The standard InChI is InChI=1S/C6H12O2.3CH4/c1-5-3-7-6(2)8-4-5;;;/h5-6H,3-4H2,1-2H3;3*1H4. The van der Waals surface area contributed by atoms with E-state index in [0.717, 1.165) is 13.2 Å². The van der Waals surface area contributed by atoms with E-state index >= 15 is 0 Å². The Hall–Kier alpha value is -0.0800. The molecule has 0 aromatic carbocycles. The van der Waals surface area contributed by atoms with Gasteiger partial charge in [0.15, 0.2) is 6.29 Å². The summed E-state index contributed by atoms with van der Waals surface area (Å²) < 4.78 is 10.3. The largest absolute Gasteiger partial charge is 0.353 e. The van der Waals surface area contributed by atoms with Crippen LogP contribution in [0.3, 0.4) is 0 Å². The molecular formula is C9H24O2. The van der Waals surface area contributed by atoms with E-state index in [2.05, 4.69) is 6.92 Å². The molecule has 0 bridgehead atoms. The molecular weight excluding hydrogens is 140 g/mol. The van der Waals surface area contributed by atoms with Gasteiger partial charge in [-0.3, -0.25) is 0 Å². The van der Waals surface area contributed by atoms with Gasteiger partial charge in [-0.05, 0) is 6.92 Å². The Balaban J connectivity index is -0.000000213. The topological polar surface area (TPSA) is 18.5 Å². The van der Waals surface area contributed by atoms with Crippen LogP contribution in [0.1, 0.15) is 36.1 Å². The smallest absolute Gasteiger partial charge is 0.154 e. The zero-order chi connectivity index (χ0) is 5.98. The van der Waals surface area contributed by atoms with Crippen LogP contribution >= 0.6 is 0 Å². The molecule has 1 rings (SSSR count). The first-order valence-corrected chi connectivity index (χ1v) is 3.02. The highest BCUT2D eigenvalue weighted by molar-refractivity contribution is 4.53. The Labute approximate surface area is 71.9 Å². The Morgan fingerprint density at radius 3 is 1.55 bits per heavy atom. The third kappa shape index (κ3) is 6.32. The molecule has 0 aromatic rings. The molecule has 2 heteroatoms. The van der Waals surface area contributed by atoms with Crippen molar-refractivity contribution in [3.05, 3.63) is 0 Å². The van der Waals surface area contributed by atoms with Crippen LogP contribution in [0.5, 0.6) is 0 Å². The maximum atomic E-state index is 5.17. The molecule has 2 nitrogen and oxygen atoms in total. The lowest BCUT2D eigenvalue weighted by atomic mass is 10.2. The highest BCUT2D eigenvalue weighted by Crippen LogP contribution is 2.08. The van der Waals surface area contributed by atoms with E-state index in [9.17, 15) is 0 Å². The summed E-state index contributed by atoms with van der Waals surface area (Å²) in [7, 11) is 0. The fourth-order valence-electron chi connectivity index (χ4n) is 0.696. The van der Waals surface area contributed by atoms with Crippen LogP contribution in [0, 0.1) is 5.92 Å².